The molecule has 2 aromatic carbocycles. The lowest BCUT2D eigenvalue weighted by molar-refractivity contribution is -0.143. The predicted octanol–water partition coefficient (Wildman–Crippen LogP) is 4.00. The Morgan fingerprint density at radius 2 is 1.71 bits per heavy atom. The number of likely N-dealkylation sites (tertiary alicyclic amines) is 1. The van der Waals surface area contributed by atoms with Gasteiger partial charge in [-0.25, -0.2) is 4.39 Å². The molecule has 2 N–H and O–H groups in total. The van der Waals surface area contributed by atoms with Gasteiger partial charge in [-0.3, -0.25) is 24.1 Å². The number of nitrogens with zero attached hydrogens (tertiary/aromatic N) is 1. The van der Waals surface area contributed by atoms with Crippen molar-refractivity contribution in [2.75, 3.05) is 11.9 Å². The Kier molecular flexibility index (Phi) is 5.42. The number of hydrogen-bond acceptors (Lipinski definition) is 6. The number of imide groups is 1. The molecule has 7 nitrogen and oxygen atoms in total. The van der Waals surface area contributed by atoms with E-state index < -0.39 is 17.7 Å². The van der Waals surface area contributed by atoms with Crippen LogP contribution in [0.2, 0.25) is 0 Å². The number of hydrogen-bond donors (Lipinski definition) is 2. The van der Waals surface area contributed by atoms with Gasteiger partial charge in [-0.05, 0) is 60.9 Å². The molecule has 2 aliphatic carbocycles. The largest absolute Gasteiger partial charge is 0.325 e. The van der Waals surface area contributed by atoms with Gasteiger partial charge in [0.2, 0.25) is 17.7 Å². The van der Waals surface area contributed by atoms with Crippen LogP contribution in [0.5, 0.6) is 0 Å². The summed E-state index contributed by atoms with van der Waals surface area (Å²) in [5, 5.41) is 3.64. The number of aryl methyl sites for hydroxylation is 1. The molecule has 0 spiro atoms. The van der Waals surface area contributed by atoms with E-state index in [1.165, 1.54) is 23.5 Å². The van der Waals surface area contributed by atoms with E-state index in [9.17, 15) is 23.6 Å². The zero-order valence-corrected chi connectivity index (χ0v) is 22.0. The number of carbonyl (C=O) groups is 3. The number of thiazole rings is 1. The molecule has 2 saturated carbocycles. The number of carbonyl (C=O) groups excluding carboxylic acids is 3. The molecule has 3 amide bonds. The molecular formula is C28H24FN3O4S2. The van der Waals surface area contributed by atoms with E-state index in [-0.39, 0.29) is 58.0 Å². The maximum absolute atomic E-state index is 13.8. The van der Waals surface area contributed by atoms with E-state index in [4.69, 9.17) is 0 Å². The van der Waals surface area contributed by atoms with Gasteiger partial charge >= 0.3 is 4.87 Å². The average Bonchev–Trinajstić information content (AvgIpc) is 3.62. The molecule has 3 fully saturated rings. The lowest BCUT2D eigenvalue weighted by Gasteiger charge is -2.43. The van der Waals surface area contributed by atoms with Crippen LogP contribution in [0.4, 0.5) is 10.1 Å². The van der Waals surface area contributed by atoms with Gasteiger partial charge in [-0.15, -0.1) is 11.8 Å². The summed E-state index contributed by atoms with van der Waals surface area (Å²) in [4.78, 5) is 57.2. The van der Waals surface area contributed by atoms with E-state index in [0.29, 0.717) is 5.69 Å². The number of H-pyrrole nitrogens is 1. The minimum atomic E-state index is -0.471. The summed E-state index contributed by atoms with van der Waals surface area (Å²) in [6, 6.07) is 13.7. The fourth-order valence-electron chi connectivity index (χ4n) is 7.26. The van der Waals surface area contributed by atoms with Gasteiger partial charge < -0.3 is 10.3 Å². The third kappa shape index (κ3) is 3.53. The SMILES string of the molecule is Cc1ccc(NC(=O)CN2C(=O)C3C4CC(C3C2=O)C2C(c3ccc(F)cc3)c3sc(=O)[nH]c3SC42)cc1. The highest BCUT2D eigenvalue weighted by molar-refractivity contribution is 8.00. The number of aromatic amines is 1. The van der Waals surface area contributed by atoms with Crippen LogP contribution in [0.3, 0.4) is 0 Å². The molecule has 1 saturated heterocycles. The molecule has 10 heteroatoms. The minimum Gasteiger partial charge on any atom is -0.325 e. The van der Waals surface area contributed by atoms with Crippen LogP contribution in [0, 0.1) is 42.3 Å². The van der Waals surface area contributed by atoms with Crippen LogP contribution in [-0.2, 0) is 14.4 Å². The highest BCUT2D eigenvalue weighted by Crippen LogP contribution is 2.68. The van der Waals surface area contributed by atoms with Crippen LogP contribution >= 0.6 is 23.1 Å². The molecule has 3 heterocycles. The number of nitrogens with one attached hydrogen (secondary N) is 2. The topological polar surface area (TPSA) is 99.3 Å². The van der Waals surface area contributed by atoms with Crippen LogP contribution in [0.1, 0.15) is 28.3 Å². The fourth-order valence-corrected chi connectivity index (χ4v) is 10.1. The number of thioether (sulfide) groups is 1. The van der Waals surface area contributed by atoms with Crippen LogP contribution in [-0.4, -0.2) is 39.4 Å². The number of anilines is 1. The van der Waals surface area contributed by atoms with Crippen LogP contribution < -0.4 is 10.2 Å². The molecule has 2 aliphatic heterocycles. The summed E-state index contributed by atoms with van der Waals surface area (Å²) in [5.74, 6) is -2.40. The molecule has 38 heavy (non-hydrogen) atoms. The zero-order valence-electron chi connectivity index (χ0n) is 20.3. The number of fused-ring (bicyclic) bond motifs is 9. The first kappa shape index (κ1) is 23.8. The fraction of sp³-hybridized carbons (Fsp3) is 0.357. The molecule has 4 aliphatic rings. The normalized spacial score (nSPS) is 30.8. The van der Waals surface area contributed by atoms with E-state index >= 15 is 0 Å². The van der Waals surface area contributed by atoms with Crippen molar-refractivity contribution in [2.45, 2.75) is 29.5 Å². The van der Waals surface area contributed by atoms with E-state index in [1.54, 1.807) is 36.0 Å². The van der Waals surface area contributed by atoms with Gasteiger partial charge in [0.1, 0.15) is 12.4 Å². The number of halogens is 1. The highest BCUT2D eigenvalue weighted by atomic mass is 32.2. The van der Waals surface area contributed by atoms with E-state index in [2.05, 4.69) is 10.3 Å². The van der Waals surface area contributed by atoms with Gasteiger partial charge in [0, 0.05) is 21.7 Å². The van der Waals surface area contributed by atoms with Gasteiger partial charge in [-0.1, -0.05) is 41.2 Å². The van der Waals surface area contributed by atoms with Crippen molar-refractivity contribution in [3.05, 3.63) is 80.0 Å². The van der Waals surface area contributed by atoms with Crippen molar-refractivity contribution >= 4 is 46.5 Å². The molecule has 7 atom stereocenters. The number of amides is 3. The third-order valence-electron chi connectivity index (χ3n) is 8.68. The Labute approximate surface area is 225 Å². The molecule has 2 bridgehead atoms. The Bertz CT molecular complexity index is 1530. The van der Waals surface area contributed by atoms with Crippen molar-refractivity contribution in [2.24, 2.45) is 29.6 Å². The van der Waals surface area contributed by atoms with Gasteiger partial charge in [0.05, 0.1) is 16.9 Å². The monoisotopic (exact) mass is 549 g/mol. The summed E-state index contributed by atoms with van der Waals surface area (Å²) < 4.78 is 13.8. The van der Waals surface area contributed by atoms with Crippen LogP contribution in [0.15, 0.2) is 58.4 Å². The van der Waals surface area contributed by atoms with E-state index in [0.717, 1.165) is 32.4 Å². The maximum Gasteiger partial charge on any atom is 0.305 e. The minimum absolute atomic E-state index is 0.0267. The lowest BCUT2D eigenvalue weighted by Crippen LogP contribution is -2.42. The summed E-state index contributed by atoms with van der Waals surface area (Å²) >= 11 is 2.77. The predicted molar refractivity (Wildman–Crippen MR) is 141 cm³/mol. The van der Waals surface area contributed by atoms with Crippen LogP contribution in [0.25, 0.3) is 0 Å². The summed E-state index contributed by atoms with van der Waals surface area (Å²) in [5.41, 5.74) is 2.59. The molecule has 0 radical (unpaired) electrons. The summed E-state index contributed by atoms with van der Waals surface area (Å²) in [6.07, 6.45) is 0.759. The standard InChI is InChI=1S/C28H24FN3O4S2/c1-12-2-8-15(9-3-12)30-18(33)11-32-26(34)21-16-10-17(22(21)27(32)35)23-20(16)19(13-4-6-14(29)7-5-13)24-25(37-23)31-28(36)38-24/h2-9,16-17,19-23H,10-11H2,1H3,(H,30,33)(H,31,36). The Morgan fingerprint density at radius 3 is 2.42 bits per heavy atom. The quantitative estimate of drug-likeness (QED) is 0.480. The summed E-state index contributed by atoms with van der Waals surface area (Å²) in [7, 11) is 0. The maximum atomic E-state index is 13.8. The van der Waals surface area contributed by atoms with Gasteiger partial charge in [-0.2, -0.15) is 0 Å². The van der Waals surface area contributed by atoms with Crippen molar-refractivity contribution in [1.29, 1.82) is 0 Å². The van der Waals surface area contributed by atoms with Crippen molar-refractivity contribution in [1.82, 2.24) is 9.88 Å². The Hall–Kier alpha value is -3.24. The average molecular weight is 550 g/mol. The Balaban J connectivity index is 1.19. The molecule has 7 rings (SSSR count). The zero-order chi connectivity index (χ0) is 26.3. The molecular weight excluding hydrogens is 525 g/mol. The van der Waals surface area contributed by atoms with Gasteiger partial charge in [0.25, 0.3) is 0 Å². The number of rotatable bonds is 4. The molecule has 194 valence electrons. The number of aromatic nitrogens is 1. The molecule has 3 aromatic rings. The van der Waals surface area contributed by atoms with Gasteiger partial charge in [0.15, 0.2) is 0 Å². The smallest absolute Gasteiger partial charge is 0.305 e. The summed E-state index contributed by atoms with van der Waals surface area (Å²) in [6.45, 7) is 1.65. The van der Waals surface area contributed by atoms with Crippen molar-refractivity contribution < 1.29 is 18.8 Å². The molecule has 1 aromatic heterocycles. The second kappa shape index (κ2) is 8.64. The second-order valence-corrected chi connectivity index (χ2v) is 12.9. The van der Waals surface area contributed by atoms with Crippen molar-refractivity contribution in [3.63, 3.8) is 0 Å². The number of benzene rings is 2. The highest BCUT2D eigenvalue weighted by Gasteiger charge is 2.69. The lowest BCUT2D eigenvalue weighted by atomic mass is 9.68. The molecule has 7 unspecified atom stereocenters. The second-order valence-electron chi connectivity index (χ2n) is 10.7. The van der Waals surface area contributed by atoms with Crippen molar-refractivity contribution in [3.8, 4) is 0 Å². The first-order valence-electron chi connectivity index (χ1n) is 12.7. The first-order valence-corrected chi connectivity index (χ1v) is 14.4. The Morgan fingerprint density at radius 1 is 1.03 bits per heavy atom. The first-order chi connectivity index (χ1) is 18.3. The third-order valence-corrected chi connectivity index (χ3v) is 11.3. The van der Waals surface area contributed by atoms with E-state index in [1.807, 2.05) is 19.1 Å².